The molecule has 2 N–H and O–H groups in total. The normalized spacial score (nSPS) is 21.6. The lowest BCUT2D eigenvalue weighted by atomic mass is 10.0. The van der Waals surface area contributed by atoms with Gasteiger partial charge in [-0.2, -0.15) is 17.4 Å². The minimum Gasteiger partial charge on any atom is -0.480 e. The summed E-state index contributed by atoms with van der Waals surface area (Å²) in [4.78, 5) is 11.2. The predicted molar refractivity (Wildman–Crippen MR) is 69.9 cm³/mol. The van der Waals surface area contributed by atoms with Crippen LogP contribution < -0.4 is 4.72 Å². The minimum atomic E-state index is -3.78. The van der Waals surface area contributed by atoms with Gasteiger partial charge in [0.25, 0.3) is 10.2 Å². The fourth-order valence-corrected chi connectivity index (χ4v) is 3.33. The number of nitrogens with one attached hydrogen (secondary N) is 1. The molecular formula is C11H22N2O5S. The highest BCUT2D eigenvalue weighted by Crippen LogP contribution is 2.12. The molecule has 0 amide bonds. The predicted octanol–water partition coefficient (Wildman–Crippen LogP) is 0.0424. The van der Waals surface area contributed by atoms with Crippen molar-refractivity contribution in [2.24, 2.45) is 5.92 Å². The van der Waals surface area contributed by atoms with E-state index in [1.807, 2.05) is 6.92 Å². The average Bonchev–Trinajstić information content (AvgIpc) is 2.64. The van der Waals surface area contributed by atoms with Gasteiger partial charge in [-0.1, -0.05) is 20.3 Å². The minimum absolute atomic E-state index is 0.252. The summed E-state index contributed by atoms with van der Waals surface area (Å²) in [6.45, 7) is 5.01. The number of ether oxygens (including phenoxy) is 1. The summed E-state index contributed by atoms with van der Waals surface area (Å²) in [6, 6.07) is -1.10. The zero-order chi connectivity index (χ0) is 14.5. The first kappa shape index (κ1) is 16.4. The maximum atomic E-state index is 12.2. The molecule has 7 nitrogen and oxygen atoms in total. The van der Waals surface area contributed by atoms with Gasteiger partial charge in [0.1, 0.15) is 6.04 Å². The van der Waals surface area contributed by atoms with E-state index < -0.39 is 22.2 Å². The van der Waals surface area contributed by atoms with Gasteiger partial charge in [0.05, 0.1) is 6.61 Å². The number of nitrogens with zero attached hydrogens (tertiary/aromatic N) is 1. The van der Waals surface area contributed by atoms with Crippen LogP contribution >= 0.6 is 0 Å². The third-order valence-electron chi connectivity index (χ3n) is 3.28. The van der Waals surface area contributed by atoms with Crippen molar-refractivity contribution < 1.29 is 23.1 Å². The lowest BCUT2D eigenvalue weighted by molar-refractivity contribution is -0.140. The second kappa shape index (κ2) is 7.18. The molecule has 0 radical (unpaired) electrons. The molecule has 0 unspecified atom stereocenters. The van der Waals surface area contributed by atoms with E-state index in [0.29, 0.717) is 32.6 Å². The van der Waals surface area contributed by atoms with Crippen LogP contribution in [0.3, 0.4) is 0 Å². The molecule has 1 rings (SSSR count). The van der Waals surface area contributed by atoms with Crippen molar-refractivity contribution in [2.75, 3.05) is 26.3 Å². The first-order chi connectivity index (χ1) is 8.88. The molecular weight excluding hydrogens is 272 g/mol. The second-order valence-corrected chi connectivity index (χ2v) is 6.39. The van der Waals surface area contributed by atoms with E-state index in [1.165, 1.54) is 4.31 Å². The summed E-state index contributed by atoms with van der Waals surface area (Å²) < 4.78 is 33.1. The van der Waals surface area contributed by atoms with E-state index >= 15 is 0 Å². The highest BCUT2D eigenvalue weighted by Gasteiger charge is 2.32. The Bertz CT molecular complexity index is 390. The maximum absolute atomic E-state index is 12.2. The fourth-order valence-electron chi connectivity index (χ4n) is 1.84. The van der Waals surface area contributed by atoms with Gasteiger partial charge in [0.15, 0.2) is 0 Å². The average molecular weight is 294 g/mol. The van der Waals surface area contributed by atoms with Crippen LogP contribution in [0.1, 0.15) is 26.7 Å². The number of rotatable bonds is 6. The van der Waals surface area contributed by atoms with Gasteiger partial charge in [0, 0.05) is 19.7 Å². The largest absolute Gasteiger partial charge is 0.480 e. The van der Waals surface area contributed by atoms with Gasteiger partial charge in [-0.25, -0.2) is 0 Å². The Balaban J connectivity index is 2.77. The quantitative estimate of drug-likeness (QED) is 0.721. The van der Waals surface area contributed by atoms with Gasteiger partial charge in [-0.15, -0.1) is 0 Å². The number of hydrogen-bond donors (Lipinski definition) is 2. The van der Waals surface area contributed by atoms with Crippen molar-refractivity contribution >= 4 is 16.2 Å². The monoisotopic (exact) mass is 294 g/mol. The van der Waals surface area contributed by atoms with Gasteiger partial charge in [0.2, 0.25) is 0 Å². The molecule has 19 heavy (non-hydrogen) atoms. The van der Waals surface area contributed by atoms with E-state index in [-0.39, 0.29) is 12.5 Å². The Morgan fingerprint density at radius 2 is 2.11 bits per heavy atom. The van der Waals surface area contributed by atoms with Gasteiger partial charge >= 0.3 is 5.97 Å². The molecule has 1 aliphatic heterocycles. The Hall–Kier alpha value is -0.700. The lowest BCUT2D eigenvalue weighted by Gasteiger charge is -2.25. The van der Waals surface area contributed by atoms with E-state index in [1.54, 1.807) is 6.92 Å². The van der Waals surface area contributed by atoms with Crippen LogP contribution in [0.2, 0.25) is 0 Å². The van der Waals surface area contributed by atoms with Crippen molar-refractivity contribution in [2.45, 2.75) is 32.7 Å². The summed E-state index contributed by atoms with van der Waals surface area (Å²) >= 11 is 0. The molecule has 0 spiro atoms. The number of carboxylic acids is 1. The Morgan fingerprint density at radius 1 is 1.42 bits per heavy atom. The summed E-state index contributed by atoms with van der Waals surface area (Å²) in [6.07, 6.45) is 1.20. The van der Waals surface area contributed by atoms with Gasteiger partial charge in [-0.05, 0) is 12.3 Å². The van der Waals surface area contributed by atoms with Crippen molar-refractivity contribution in [3.8, 4) is 0 Å². The Kier molecular flexibility index (Phi) is 6.18. The topological polar surface area (TPSA) is 95.9 Å². The third-order valence-corrected chi connectivity index (χ3v) is 4.87. The molecule has 8 heteroatoms. The Labute approximate surface area is 114 Å². The first-order valence-corrected chi connectivity index (χ1v) is 7.90. The lowest BCUT2D eigenvalue weighted by Crippen LogP contribution is -2.51. The standard InChI is InChI=1S/C11H22N2O5S/c1-3-9(2)10(11(14)15)12-19(16,17)13-5-4-7-18-8-6-13/h9-10,12H,3-8H2,1-2H3,(H,14,15)/t9-,10-/m0/s1. The zero-order valence-corrected chi connectivity index (χ0v) is 12.1. The first-order valence-electron chi connectivity index (χ1n) is 6.46. The van der Waals surface area contributed by atoms with Crippen LogP contribution in [0.25, 0.3) is 0 Å². The maximum Gasteiger partial charge on any atom is 0.322 e. The van der Waals surface area contributed by atoms with Crippen molar-refractivity contribution in [1.29, 1.82) is 0 Å². The van der Waals surface area contributed by atoms with E-state index in [9.17, 15) is 13.2 Å². The molecule has 1 fully saturated rings. The van der Waals surface area contributed by atoms with E-state index in [0.717, 1.165) is 0 Å². The zero-order valence-electron chi connectivity index (χ0n) is 11.3. The van der Waals surface area contributed by atoms with Crippen LogP contribution in [-0.2, 0) is 19.7 Å². The Morgan fingerprint density at radius 3 is 2.68 bits per heavy atom. The molecule has 1 heterocycles. The molecule has 0 aromatic rings. The van der Waals surface area contributed by atoms with Crippen molar-refractivity contribution in [1.82, 2.24) is 9.03 Å². The third kappa shape index (κ3) is 4.72. The molecule has 0 aliphatic carbocycles. The highest BCUT2D eigenvalue weighted by atomic mass is 32.2. The fraction of sp³-hybridized carbons (Fsp3) is 0.909. The number of aliphatic carboxylic acids is 1. The van der Waals surface area contributed by atoms with Crippen LogP contribution in [0.15, 0.2) is 0 Å². The summed E-state index contributed by atoms with van der Waals surface area (Å²) in [5.41, 5.74) is 0. The van der Waals surface area contributed by atoms with Gasteiger partial charge in [-0.3, -0.25) is 4.79 Å². The summed E-state index contributed by atoms with van der Waals surface area (Å²) in [5, 5.41) is 9.12. The SMILES string of the molecule is CC[C@H](C)[C@H](NS(=O)(=O)N1CCCOCC1)C(=O)O. The number of carboxylic acid groups (broad SMARTS) is 1. The molecule has 112 valence electrons. The van der Waals surface area contributed by atoms with E-state index in [2.05, 4.69) is 4.72 Å². The summed E-state index contributed by atoms with van der Waals surface area (Å²) in [7, 11) is -3.78. The number of carbonyl (C=O) groups is 1. The number of hydrogen-bond acceptors (Lipinski definition) is 4. The van der Waals surface area contributed by atoms with Crippen LogP contribution in [0.4, 0.5) is 0 Å². The van der Waals surface area contributed by atoms with Crippen LogP contribution in [0, 0.1) is 5.92 Å². The van der Waals surface area contributed by atoms with Gasteiger partial charge < -0.3 is 9.84 Å². The molecule has 0 aromatic carbocycles. The van der Waals surface area contributed by atoms with E-state index in [4.69, 9.17) is 9.84 Å². The molecule has 0 bridgehead atoms. The smallest absolute Gasteiger partial charge is 0.322 e. The molecule has 1 saturated heterocycles. The molecule has 0 saturated carbocycles. The van der Waals surface area contributed by atoms with Crippen molar-refractivity contribution in [3.63, 3.8) is 0 Å². The second-order valence-electron chi connectivity index (χ2n) is 4.69. The van der Waals surface area contributed by atoms with Crippen LogP contribution in [0.5, 0.6) is 0 Å². The molecule has 2 atom stereocenters. The summed E-state index contributed by atoms with van der Waals surface area (Å²) in [5.74, 6) is -1.42. The van der Waals surface area contributed by atoms with Crippen LogP contribution in [-0.4, -0.2) is 56.1 Å². The van der Waals surface area contributed by atoms with Crippen molar-refractivity contribution in [3.05, 3.63) is 0 Å². The highest BCUT2D eigenvalue weighted by molar-refractivity contribution is 7.87. The molecule has 0 aromatic heterocycles. The molecule has 1 aliphatic rings.